The summed E-state index contributed by atoms with van der Waals surface area (Å²) in [5.74, 6) is 0. The van der Waals surface area contributed by atoms with Crippen LogP contribution in [-0.4, -0.2) is 94.0 Å². The molecule has 30 heavy (non-hydrogen) atoms. The van der Waals surface area contributed by atoms with E-state index in [-0.39, 0.29) is 12.1 Å². The van der Waals surface area contributed by atoms with Gasteiger partial charge in [-0.05, 0) is 24.7 Å². The molecule has 2 atom stereocenters. The lowest BCUT2D eigenvalue weighted by Gasteiger charge is -2.45. The number of β-amino-alcohol motifs (C(OH)–C–C–N with tert-alkyl or cyclic N) is 1. The van der Waals surface area contributed by atoms with Gasteiger partial charge in [0.2, 0.25) is 0 Å². The fourth-order valence-electron chi connectivity index (χ4n) is 4.59. The molecule has 0 bridgehead atoms. The monoisotopic (exact) mass is 427 g/mol. The fourth-order valence-corrected chi connectivity index (χ4v) is 4.91. The van der Waals surface area contributed by atoms with Crippen molar-refractivity contribution in [3.63, 3.8) is 0 Å². The third-order valence-electron chi connectivity index (χ3n) is 6.34. The first-order chi connectivity index (χ1) is 14.7. The van der Waals surface area contributed by atoms with E-state index in [1.807, 2.05) is 18.6 Å². The molecule has 1 aromatic heterocycles. The zero-order chi connectivity index (χ0) is 20.8. The van der Waals surface area contributed by atoms with E-state index in [1.165, 1.54) is 5.56 Å². The lowest BCUT2D eigenvalue weighted by Crippen LogP contribution is -2.58. The minimum absolute atomic E-state index is 0.285. The van der Waals surface area contributed by atoms with Gasteiger partial charge in [-0.25, -0.2) is 9.97 Å². The highest BCUT2D eigenvalue weighted by Gasteiger charge is 2.33. The molecule has 0 radical (unpaired) electrons. The first kappa shape index (κ1) is 21.7. The molecule has 1 aromatic carbocycles. The molecule has 162 valence electrons. The van der Waals surface area contributed by atoms with Gasteiger partial charge in [-0.15, -0.1) is 0 Å². The number of piperazine rings is 1. The highest BCUT2D eigenvalue weighted by molar-refractivity contribution is 7.98. The Hall–Kier alpha value is -1.51. The Morgan fingerprint density at radius 3 is 2.37 bits per heavy atom. The number of piperidine rings is 1. The number of rotatable bonds is 7. The Bertz CT molecular complexity index is 767. The van der Waals surface area contributed by atoms with Gasteiger partial charge in [-0.1, -0.05) is 42.1 Å². The molecule has 2 fully saturated rings. The molecule has 2 saturated heterocycles. The van der Waals surface area contributed by atoms with Crippen LogP contribution in [0.5, 0.6) is 0 Å². The van der Waals surface area contributed by atoms with Crippen molar-refractivity contribution in [2.45, 2.75) is 36.7 Å². The van der Waals surface area contributed by atoms with E-state index in [4.69, 9.17) is 0 Å². The predicted molar refractivity (Wildman–Crippen MR) is 122 cm³/mol. The molecular formula is C23H33N5OS. The number of aromatic nitrogens is 2. The third kappa shape index (κ3) is 5.80. The van der Waals surface area contributed by atoms with Crippen LogP contribution in [0.25, 0.3) is 0 Å². The fraction of sp³-hybridized carbons (Fsp3) is 0.565. The minimum atomic E-state index is -0.291. The topological polar surface area (TPSA) is 55.7 Å². The van der Waals surface area contributed by atoms with Crippen molar-refractivity contribution in [1.82, 2.24) is 24.7 Å². The van der Waals surface area contributed by atoms with Crippen molar-refractivity contribution in [3.8, 4) is 0 Å². The normalized spacial score (nSPS) is 24.2. The third-order valence-corrected chi connectivity index (χ3v) is 6.91. The van der Waals surface area contributed by atoms with E-state index in [0.717, 1.165) is 75.9 Å². The summed E-state index contributed by atoms with van der Waals surface area (Å²) in [4.78, 5) is 16.1. The molecule has 2 aromatic rings. The van der Waals surface area contributed by atoms with Crippen LogP contribution in [0.3, 0.4) is 0 Å². The highest BCUT2D eigenvalue weighted by Crippen LogP contribution is 2.21. The standard InChI is InChI=1S/C23H33N5OS/c1-30-23-24-15-20(16-25-23)17-27-10-8-21(22(29)18-27)28-13-11-26(12-14-28)9-7-19-5-3-2-4-6-19/h2-6,15-16,21-22,29H,7-14,17-18H2,1H3/t21-,22-/m1/s1. The van der Waals surface area contributed by atoms with Crippen LogP contribution in [-0.2, 0) is 13.0 Å². The maximum Gasteiger partial charge on any atom is 0.187 e. The summed E-state index contributed by atoms with van der Waals surface area (Å²) in [7, 11) is 0. The lowest BCUT2D eigenvalue weighted by molar-refractivity contribution is -0.0308. The van der Waals surface area contributed by atoms with Crippen molar-refractivity contribution >= 4 is 11.8 Å². The lowest BCUT2D eigenvalue weighted by atomic mass is 9.98. The molecule has 0 aliphatic carbocycles. The van der Waals surface area contributed by atoms with Gasteiger partial charge in [0.15, 0.2) is 5.16 Å². The summed E-state index contributed by atoms with van der Waals surface area (Å²) in [5, 5.41) is 11.6. The summed E-state index contributed by atoms with van der Waals surface area (Å²) in [6.45, 7) is 7.98. The first-order valence-electron chi connectivity index (χ1n) is 11.0. The van der Waals surface area contributed by atoms with E-state index < -0.39 is 0 Å². The van der Waals surface area contributed by atoms with Gasteiger partial charge in [-0.3, -0.25) is 9.80 Å². The molecule has 6 nitrogen and oxygen atoms in total. The molecule has 1 N–H and O–H groups in total. The van der Waals surface area contributed by atoms with E-state index in [0.29, 0.717) is 0 Å². The molecule has 3 heterocycles. The summed E-state index contributed by atoms with van der Waals surface area (Å²) >= 11 is 1.56. The average molecular weight is 428 g/mol. The molecule has 0 unspecified atom stereocenters. The summed E-state index contributed by atoms with van der Waals surface area (Å²) < 4.78 is 0. The van der Waals surface area contributed by atoms with Gasteiger partial charge in [0.05, 0.1) is 6.10 Å². The quantitative estimate of drug-likeness (QED) is 0.536. The number of aliphatic hydroxyl groups excluding tert-OH is 1. The number of thioether (sulfide) groups is 1. The van der Waals surface area contributed by atoms with Crippen molar-refractivity contribution in [2.75, 3.05) is 52.1 Å². The Balaban J connectivity index is 1.20. The highest BCUT2D eigenvalue weighted by atomic mass is 32.2. The van der Waals surface area contributed by atoms with E-state index >= 15 is 0 Å². The Labute approximate surface area is 184 Å². The Kier molecular flexibility index (Phi) is 7.73. The van der Waals surface area contributed by atoms with Crippen LogP contribution >= 0.6 is 11.8 Å². The minimum Gasteiger partial charge on any atom is -0.390 e. The van der Waals surface area contributed by atoms with Crippen molar-refractivity contribution in [2.24, 2.45) is 0 Å². The second-order valence-electron chi connectivity index (χ2n) is 8.35. The predicted octanol–water partition coefficient (Wildman–Crippen LogP) is 1.99. The van der Waals surface area contributed by atoms with E-state index in [2.05, 4.69) is 55.0 Å². The molecule has 0 saturated carbocycles. The second kappa shape index (κ2) is 10.7. The van der Waals surface area contributed by atoms with Crippen LogP contribution in [0.1, 0.15) is 17.5 Å². The first-order valence-corrected chi connectivity index (χ1v) is 12.2. The molecule has 7 heteroatoms. The van der Waals surface area contributed by atoms with Gasteiger partial charge < -0.3 is 10.0 Å². The molecule has 0 spiro atoms. The van der Waals surface area contributed by atoms with Gasteiger partial charge >= 0.3 is 0 Å². The molecular weight excluding hydrogens is 394 g/mol. The summed E-state index contributed by atoms with van der Waals surface area (Å²) in [5.41, 5.74) is 2.53. The van der Waals surface area contributed by atoms with Gasteiger partial charge in [0.25, 0.3) is 0 Å². The van der Waals surface area contributed by atoms with E-state index in [1.54, 1.807) is 11.8 Å². The van der Waals surface area contributed by atoms with Gasteiger partial charge in [-0.2, -0.15) is 0 Å². The van der Waals surface area contributed by atoms with Crippen LogP contribution in [0.4, 0.5) is 0 Å². The number of benzene rings is 1. The Morgan fingerprint density at radius 1 is 0.967 bits per heavy atom. The van der Waals surface area contributed by atoms with Gasteiger partial charge in [0, 0.05) is 76.4 Å². The number of hydrogen-bond acceptors (Lipinski definition) is 7. The van der Waals surface area contributed by atoms with Crippen LogP contribution in [0, 0.1) is 0 Å². The SMILES string of the molecule is CSc1ncc(CN2CC[C@@H](N3CCN(CCc4ccccc4)CC3)[C@H](O)C2)cn1. The van der Waals surface area contributed by atoms with Crippen molar-refractivity contribution in [1.29, 1.82) is 0 Å². The van der Waals surface area contributed by atoms with Crippen LogP contribution in [0.2, 0.25) is 0 Å². The van der Waals surface area contributed by atoms with Crippen LogP contribution in [0.15, 0.2) is 47.9 Å². The molecule has 2 aliphatic heterocycles. The van der Waals surface area contributed by atoms with Crippen molar-refractivity contribution < 1.29 is 5.11 Å². The maximum atomic E-state index is 10.8. The Morgan fingerprint density at radius 2 is 1.70 bits per heavy atom. The number of hydrogen-bond donors (Lipinski definition) is 1. The maximum absolute atomic E-state index is 10.8. The molecule has 4 rings (SSSR count). The van der Waals surface area contributed by atoms with Crippen molar-refractivity contribution in [3.05, 3.63) is 53.9 Å². The summed E-state index contributed by atoms with van der Waals surface area (Å²) in [6.07, 6.45) is 7.65. The van der Waals surface area contributed by atoms with Crippen LogP contribution < -0.4 is 0 Å². The largest absolute Gasteiger partial charge is 0.390 e. The average Bonchev–Trinajstić information content (AvgIpc) is 2.79. The number of likely N-dealkylation sites (tertiary alicyclic amines) is 1. The van der Waals surface area contributed by atoms with Gasteiger partial charge in [0.1, 0.15) is 0 Å². The number of nitrogens with zero attached hydrogens (tertiary/aromatic N) is 5. The zero-order valence-corrected chi connectivity index (χ0v) is 18.7. The molecule has 0 amide bonds. The van der Waals surface area contributed by atoms with E-state index in [9.17, 15) is 5.11 Å². The smallest absolute Gasteiger partial charge is 0.187 e. The number of aliphatic hydroxyl groups is 1. The zero-order valence-electron chi connectivity index (χ0n) is 17.9. The summed E-state index contributed by atoms with van der Waals surface area (Å²) in [6, 6.07) is 11.0. The second-order valence-corrected chi connectivity index (χ2v) is 9.12. The molecule has 2 aliphatic rings.